The Labute approximate surface area is 122 Å². The van der Waals surface area contributed by atoms with E-state index in [0.29, 0.717) is 18.4 Å². The van der Waals surface area contributed by atoms with Gasteiger partial charge in [-0.3, -0.25) is 0 Å². The molecule has 1 aromatic carbocycles. The molecule has 3 nitrogen and oxygen atoms in total. The SMILES string of the molecule is CC1CCC(OCCCOc2ccccc2N)CC1C. The van der Waals surface area contributed by atoms with Crippen LogP contribution in [0.1, 0.15) is 39.5 Å². The summed E-state index contributed by atoms with van der Waals surface area (Å²) in [6.45, 7) is 6.12. The summed E-state index contributed by atoms with van der Waals surface area (Å²) < 4.78 is 11.6. The molecule has 0 spiro atoms. The summed E-state index contributed by atoms with van der Waals surface area (Å²) >= 11 is 0. The minimum atomic E-state index is 0.447. The number of anilines is 1. The van der Waals surface area contributed by atoms with E-state index in [2.05, 4.69) is 13.8 Å². The second kappa shape index (κ2) is 7.53. The third-order valence-electron chi connectivity index (χ3n) is 4.37. The van der Waals surface area contributed by atoms with E-state index in [1.54, 1.807) is 0 Å². The van der Waals surface area contributed by atoms with Crippen LogP contribution in [-0.4, -0.2) is 19.3 Å². The summed E-state index contributed by atoms with van der Waals surface area (Å²) in [4.78, 5) is 0. The molecule has 1 aliphatic rings. The van der Waals surface area contributed by atoms with Crippen molar-refractivity contribution in [2.45, 2.75) is 45.6 Å². The Morgan fingerprint density at radius 3 is 2.65 bits per heavy atom. The van der Waals surface area contributed by atoms with Crippen LogP contribution < -0.4 is 10.5 Å². The van der Waals surface area contributed by atoms with Gasteiger partial charge >= 0.3 is 0 Å². The molecule has 20 heavy (non-hydrogen) atoms. The third-order valence-corrected chi connectivity index (χ3v) is 4.37. The molecule has 3 unspecified atom stereocenters. The molecule has 2 rings (SSSR count). The zero-order chi connectivity index (χ0) is 14.4. The van der Waals surface area contributed by atoms with Crippen molar-refractivity contribution < 1.29 is 9.47 Å². The fourth-order valence-electron chi connectivity index (χ4n) is 2.75. The highest BCUT2D eigenvalue weighted by molar-refractivity contribution is 5.51. The van der Waals surface area contributed by atoms with Gasteiger partial charge in [0.1, 0.15) is 5.75 Å². The van der Waals surface area contributed by atoms with Gasteiger partial charge < -0.3 is 15.2 Å². The van der Waals surface area contributed by atoms with E-state index < -0.39 is 0 Å². The second-order valence-electron chi connectivity index (χ2n) is 6.00. The van der Waals surface area contributed by atoms with Crippen LogP contribution in [0.5, 0.6) is 5.75 Å². The maximum atomic E-state index is 5.96. The first-order valence-corrected chi connectivity index (χ1v) is 7.75. The smallest absolute Gasteiger partial charge is 0.142 e. The Hall–Kier alpha value is -1.22. The average Bonchev–Trinajstić information content (AvgIpc) is 2.44. The summed E-state index contributed by atoms with van der Waals surface area (Å²) in [5.74, 6) is 2.40. The molecule has 1 fully saturated rings. The number of hydrogen-bond donors (Lipinski definition) is 1. The van der Waals surface area contributed by atoms with Gasteiger partial charge in [0.15, 0.2) is 0 Å². The number of hydrogen-bond acceptors (Lipinski definition) is 3. The first-order valence-electron chi connectivity index (χ1n) is 7.75. The van der Waals surface area contributed by atoms with Crippen molar-refractivity contribution >= 4 is 5.69 Å². The standard InChI is InChI=1S/C17H27NO2/c1-13-8-9-15(12-14(13)2)19-10-5-11-20-17-7-4-3-6-16(17)18/h3-4,6-7,13-15H,5,8-12,18H2,1-2H3. The first-order chi connectivity index (χ1) is 9.66. The number of rotatable bonds is 6. The number of para-hydroxylation sites is 2. The Morgan fingerprint density at radius 1 is 1.10 bits per heavy atom. The van der Waals surface area contributed by atoms with Crippen LogP contribution in [0.15, 0.2) is 24.3 Å². The van der Waals surface area contributed by atoms with Crippen molar-refractivity contribution in [1.29, 1.82) is 0 Å². The highest BCUT2D eigenvalue weighted by atomic mass is 16.5. The van der Waals surface area contributed by atoms with E-state index in [9.17, 15) is 0 Å². The van der Waals surface area contributed by atoms with Crippen LogP contribution in [0, 0.1) is 11.8 Å². The molecule has 0 heterocycles. The lowest BCUT2D eigenvalue weighted by atomic mass is 9.80. The van der Waals surface area contributed by atoms with Gasteiger partial charge in [0, 0.05) is 6.42 Å². The molecule has 0 saturated heterocycles. The topological polar surface area (TPSA) is 44.5 Å². The lowest BCUT2D eigenvalue weighted by molar-refractivity contribution is -0.00158. The zero-order valence-corrected chi connectivity index (χ0v) is 12.7. The molecule has 112 valence electrons. The van der Waals surface area contributed by atoms with Crippen LogP contribution in [-0.2, 0) is 4.74 Å². The monoisotopic (exact) mass is 277 g/mol. The minimum absolute atomic E-state index is 0.447. The molecular weight excluding hydrogens is 250 g/mol. The van der Waals surface area contributed by atoms with Gasteiger partial charge in [-0.2, -0.15) is 0 Å². The van der Waals surface area contributed by atoms with Crippen molar-refractivity contribution in [3.63, 3.8) is 0 Å². The molecule has 0 radical (unpaired) electrons. The predicted octanol–water partition coefficient (Wildman–Crippen LogP) is 3.88. The fraction of sp³-hybridized carbons (Fsp3) is 0.647. The second-order valence-corrected chi connectivity index (χ2v) is 6.00. The van der Waals surface area contributed by atoms with Gasteiger partial charge in [-0.1, -0.05) is 26.0 Å². The Bertz CT molecular complexity index is 408. The molecule has 3 atom stereocenters. The summed E-state index contributed by atoms with van der Waals surface area (Å²) in [7, 11) is 0. The predicted molar refractivity (Wildman–Crippen MR) is 82.9 cm³/mol. The maximum Gasteiger partial charge on any atom is 0.142 e. The Morgan fingerprint density at radius 2 is 1.90 bits per heavy atom. The molecule has 2 N–H and O–H groups in total. The van der Waals surface area contributed by atoms with Crippen LogP contribution in [0.3, 0.4) is 0 Å². The number of nitrogens with two attached hydrogens (primary N) is 1. The van der Waals surface area contributed by atoms with Gasteiger partial charge in [-0.25, -0.2) is 0 Å². The normalized spacial score (nSPS) is 26.4. The average molecular weight is 277 g/mol. The number of nitrogen functional groups attached to an aromatic ring is 1. The van der Waals surface area contributed by atoms with Crippen LogP contribution in [0.2, 0.25) is 0 Å². The van der Waals surface area contributed by atoms with E-state index in [1.165, 1.54) is 19.3 Å². The molecule has 0 amide bonds. The van der Waals surface area contributed by atoms with Crippen LogP contribution >= 0.6 is 0 Å². The van der Waals surface area contributed by atoms with E-state index in [-0.39, 0.29) is 0 Å². The van der Waals surface area contributed by atoms with Crippen molar-refractivity contribution in [3.8, 4) is 5.75 Å². The van der Waals surface area contributed by atoms with E-state index in [4.69, 9.17) is 15.2 Å². The highest BCUT2D eigenvalue weighted by Crippen LogP contribution is 2.30. The van der Waals surface area contributed by atoms with E-state index >= 15 is 0 Å². The Balaban J connectivity index is 1.59. The summed E-state index contributed by atoms with van der Waals surface area (Å²) in [5, 5.41) is 0. The van der Waals surface area contributed by atoms with Crippen molar-refractivity contribution in [2.24, 2.45) is 11.8 Å². The molecule has 1 saturated carbocycles. The van der Waals surface area contributed by atoms with Crippen molar-refractivity contribution in [2.75, 3.05) is 18.9 Å². The summed E-state index contributed by atoms with van der Waals surface area (Å²) in [5.41, 5.74) is 6.52. The minimum Gasteiger partial charge on any atom is -0.491 e. The lowest BCUT2D eigenvalue weighted by Crippen LogP contribution is -2.27. The Kier molecular flexibility index (Phi) is 5.72. The van der Waals surface area contributed by atoms with Crippen LogP contribution in [0.4, 0.5) is 5.69 Å². The van der Waals surface area contributed by atoms with Gasteiger partial charge in [0.2, 0.25) is 0 Å². The lowest BCUT2D eigenvalue weighted by Gasteiger charge is -2.31. The maximum absolute atomic E-state index is 5.96. The van der Waals surface area contributed by atoms with Gasteiger partial charge in [-0.15, -0.1) is 0 Å². The van der Waals surface area contributed by atoms with E-state index in [0.717, 1.165) is 30.6 Å². The largest absolute Gasteiger partial charge is 0.491 e. The fourth-order valence-corrected chi connectivity index (χ4v) is 2.75. The van der Waals surface area contributed by atoms with Gasteiger partial charge in [0.25, 0.3) is 0 Å². The van der Waals surface area contributed by atoms with E-state index in [1.807, 2.05) is 24.3 Å². The van der Waals surface area contributed by atoms with Gasteiger partial charge in [-0.05, 0) is 43.2 Å². The molecule has 0 aromatic heterocycles. The number of ether oxygens (including phenoxy) is 2. The third kappa shape index (κ3) is 4.41. The molecule has 3 heteroatoms. The van der Waals surface area contributed by atoms with Crippen molar-refractivity contribution in [1.82, 2.24) is 0 Å². The molecule has 0 aliphatic heterocycles. The molecular formula is C17H27NO2. The number of benzene rings is 1. The van der Waals surface area contributed by atoms with Gasteiger partial charge in [0.05, 0.1) is 25.0 Å². The quantitative estimate of drug-likeness (QED) is 0.634. The first kappa shape index (κ1) is 15.2. The molecule has 0 bridgehead atoms. The summed E-state index contributed by atoms with van der Waals surface area (Å²) in [6.07, 6.45) is 5.06. The molecule has 1 aromatic rings. The zero-order valence-electron chi connectivity index (χ0n) is 12.7. The van der Waals surface area contributed by atoms with Crippen LogP contribution in [0.25, 0.3) is 0 Å². The molecule has 1 aliphatic carbocycles. The highest BCUT2D eigenvalue weighted by Gasteiger charge is 2.24. The summed E-state index contributed by atoms with van der Waals surface area (Å²) in [6, 6.07) is 7.61. The van der Waals surface area contributed by atoms with Crippen molar-refractivity contribution in [3.05, 3.63) is 24.3 Å².